The number of carbonyl (C=O) groups excluding carboxylic acids is 1. The number of rotatable bonds is 2. The van der Waals surface area contributed by atoms with Crippen LogP contribution in [0.4, 0.5) is 0 Å². The smallest absolute Gasteiger partial charge is 0.304 e. The Kier molecular flexibility index (Phi) is 3.23. The lowest BCUT2D eigenvalue weighted by atomic mass is 9.93. The number of aliphatic carboxylic acids is 1. The van der Waals surface area contributed by atoms with Crippen molar-refractivity contribution in [1.82, 2.24) is 5.32 Å². The van der Waals surface area contributed by atoms with Gasteiger partial charge in [0.2, 0.25) is 5.91 Å². The molecule has 1 aliphatic heterocycles. The number of hydrogen-bond donors (Lipinski definition) is 3. The monoisotopic (exact) mass is 249 g/mol. The summed E-state index contributed by atoms with van der Waals surface area (Å²) in [5.74, 6) is -1.65. The van der Waals surface area contributed by atoms with Gasteiger partial charge in [-0.15, -0.1) is 0 Å². The van der Waals surface area contributed by atoms with Crippen molar-refractivity contribution in [2.75, 3.05) is 0 Å². The number of phenols is 1. The number of nitrogens with one attached hydrogen (secondary N) is 1. The molecule has 18 heavy (non-hydrogen) atoms. The van der Waals surface area contributed by atoms with Crippen LogP contribution in [0.3, 0.4) is 0 Å². The SMILES string of the molecule is C[C@H]1NC(=O)C(CC(=O)O)Cc2ccc(O)cc21. The van der Waals surface area contributed by atoms with Crippen LogP contribution < -0.4 is 5.32 Å². The first-order valence-electron chi connectivity index (χ1n) is 5.81. The van der Waals surface area contributed by atoms with Crippen LogP contribution in [0.25, 0.3) is 0 Å². The van der Waals surface area contributed by atoms with Gasteiger partial charge < -0.3 is 15.5 Å². The van der Waals surface area contributed by atoms with E-state index < -0.39 is 11.9 Å². The third-order valence-electron chi connectivity index (χ3n) is 3.21. The minimum Gasteiger partial charge on any atom is -0.508 e. The average Bonchev–Trinajstić information content (AvgIpc) is 2.38. The zero-order valence-electron chi connectivity index (χ0n) is 10.0. The van der Waals surface area contributed by atoms with Crippen molar-refractivity contribution in [3.05, 3.63) is 29.3 Å². The fourth-order valence-corrected chi connectivity index (χ4v) is 2.31. The average molecular weight is 249 g/mol. The van der Waals surface area contributed by atoms with Gasteiger partial charge in [-0.05, 0) is 36.6 Å². The van der Waals surface area contributed by atoms with Gasteiger partial charge in [-0.1, -0.05) is 6.07 Å². The molecule has 0 saturated heterocycles. The summed E-state index contributed by atoms with van der Waals surface area (Å²) in [6, 6.07) is 4.69. The van der Waals surface area contributed by atoms with E-state index in [0.717, 1.165) is 11.1 Å². The molecule has 2 atom stereocenters. The fourth-order valence-electron chi connectivity index (χ4n) is 2.31. The second-order valence-corrected chi connectivity index (χ2v) is 4.61. The van der Waals surface area contributed by atoms with Gasteiger partial charge in [0.05, 0.1) is 18.4 Å². The maximum absolute atomic E-state index is 11.9. The minimum atomic E-state index is -0.981. The van der Waals surface area contributed by atoms with Crippen molar-refractivity contribution in [2.24, 2.45) is 5.92 Å². The Hall–Kier alpha value is -2.04. The second-order valence-electron chi connectivity index (χ2n) is 4.61. The third kappa shape index (κ3) is 2.45. The molecular weight excluding hydrogens is 234 g/mol. The van der Waals surface area contributed by atoms with E-state index in [-0.39, 0.29) is 24.1 Å². The first-order valence-corrected chi connectivity index (χ1v) is 5.81. The second kappa shape index (κ2) is 4.68. The number of hydrogen-bond acceptors (Lipinski definition) is 3. The molecule has 1 amide bonds. The van der Waals surface area contributed by atoms with E-state index in [1.807, 2.05) is 6.92 Å². The predicted octanol–water partition coefficient (Wildman–Crippen LogP) is 1.22. The van der Waals surface area contributed by atoms with E-state index >= 15 is 0 Å². The van der Waals surface area contributed by atoms with Crippen molar-refractivity contribution in [3.8, 4) is 5.75 Å². The molecule has 1 aromatic carbocycles. The van der Waals surface area contributed by atoms with Crippen molar-refractivity contribution < 1.29 is 19.8 Å². The number of carboxylic acids is 1. The standard InChI is InChI=1S/C13H15NO4/c1-7-11-6-10(15)3-2-8(11)4-9(5-12(16)17)13(18)14-7/h2-3,6-7,9,15H,4-5H2,1H3,(H,14,18)(H,16,17)/t7-,9?/m1/s1. The lowest BCUT2D eigenvalue weighted by molar-refractivity contribution is -0.141. The molecule has 0 spiro atoms. The molecule has 1 aromatic rings. The summed E-state index contributed by atoms with van der Waals surface area (Å²) < 4.78 is 0. The summed E-state index contributed by atoms with van der Waals surface area (Å²) in [5, 5.41) is 21.0. The van der Waals surface area contributed by atoms with E-state index in [2.05, 4.69) is 5.32 Å². The summed E-state index contributed by atoms with van der Waals surface area (Å²) in [7, 11) is 0. The summed E-state index contributed by atoms with van der Waals surface area (Å²) >= 11 is 0. The van der Waals surface area contributed by atoms with Gasteiger partial charge in [-0.25, -0.2) is 0 Å². The van der Waals surface area contributed by atoms with Gasteiger partial charge in [0, 0.05) is 0 Å². The maximum Gasteiger partial charge on any atom is 0.304 e. The first-order chi connectivity index (χ1) is 8.47. The van der Waals surface area contributed by atoms with E-state index in [0.29, 0.717) is 6.42 Å². The van der Waals surface area contributed by atoms with Gasteiger partial charge >= 0.3 is 5.97 Å². The molecule has 0 bridgehead atoms. The van der Waals surface area contributed by atoms with Gasteiger partial charge in [0.1, 0.15) is 5.75 Å². The van der Waals surface area contributed by atoms with E-state index in [1.165, 1.54) is 0 Å². The number of aromatic hydroxyl groups is 1. The fraction of sp³-hybridized carbons (Fsp3) is 0.385. The summed E-state index contributed by atoms with van der Waals surface area (Å²) in [4.78, 5) is 22.6. The van der Waals surface area contributed by atoms with E-state index in [1.54, 1.807) is 18.2 Å². The quantitative estimate of drug-likeness (QED) is 0.735. The molecule has 0 saturated carbocycles. The Morgan fingerprint density at radius 1 is 1.50 bits per heavy atom. The molecule has 5 nitrogen and oxygen atoms in total. The Bertz CT molecular complexity index is 498. The number of fused-ring (bicyclic) bond motifs is 1. The highest BCUT2D eigenvalue weighted by Crippen LogP contribution is 2.29. The van der Waals surface area contributed by atoms with Gasteiger partial charge in [-0.3, -0.25) is 9.59 Å². The zero-order chi connectivity index (χ0) is 13.3. The molecule has 0 aliphatic carbocycles. The largest absolute Gasteiger partial charge is 0.508 e. The Morgan fingerprint density at radius 3 is 2.89 bits per heavy atom. The number of carbonyl (C=O) groups is 2. The Morgan fingerprint density at radius 2 is 2.22 bits per heavy atom. The van der Waals surface area contributed by atoms with Crippen molar-refractivity contribution >= 4 is 11.9 Å². The topological polar surface area (TPSA) is 86.6 Å². The molecule has 0 aromatic heterocycles. The zero-order valence-corrected chi connectivity index (χ0v) is 10.0. The van der Waals surface area contributed by atoms with Crippen LogP contribution in [-0.4, -0.2) is 22.1 Å². The van der Waals surface area contributed by atoms with Crippen molar-refractivity contribution in [3.63, 3.8) is 0 Å². The molecular formula is C13H15NO4. The van der Waals surface area contributed by atoms with Crippen molar-refractivity contribution in [1.29, 1.82) is 0 Å². The third-order valence-corrected chi connectivity index (χ3v) is 3.21. The molecule has 96 valence electrons. The summed E-state index contributed by atoms with van der Waals surface area (Å²) in [6.45, 7) is 1.82. The highest BCUT2D eigenvalue weighted by atomic mass is 16.4. The van der Waals surface area contributed by atoms with Crippen LogP contribution >= 0.6 is 0 Å². The molecule has 3 N–H and O–H groups in total. The van der Waals surface area contributed by atoms with E-state index in [4.69, 9.17) is 5.11 Å². The summed E-state index contributed by atoms with van der Waals surface area (Å²) in [5.41, 5.74) is 1.75. The molecule has 1 unspecified atom stereocenters. The van der Waals surface area contributed by atoms with Crippen LogP contribution in [0.1, 0.15) is 30.5 Å². The van der Waals surface area contributed by atoms with Crippen LogP contribution in [0.15, 0.2) is 18.2 Å². The molecule has 0 fully saturated rings. The Labute approximate surface area is 104 Å². The van der Waals surface area contributed by atoms with Gasteiger partial charge in [0.25, 0.3) is 0 Å². The summed E-state index contributed by atoms with van der Waals surface area (Å²) in [6.07, 6.45) is 0.205. The highest BCUT2D eigenvalue weighted by Gasteiger charge is 2.29. The molecule has 1 aliphatic rings. The molecule has 5 heteroatoms. The van der Waals surface area contributed by atoms with Gasteiger partial charge in [-0.2, -0.15) is 0 Å². The normalized spacial score (nSPS) is 22.8. The van der Waals surface area contributed by atoms with Crippen molar-refractivity contribution in [2.45, 2.75) is 25.8 Å². The number of benzene rings is 1. The number of amides is 1. The van der Waals surface area contributed by atoms with E-state index in [9.17, 15) is 14.7 Å². The maximum atomic E-state index is 11.9. The Balaban J connectivity index is 2.35. The number of carboxylic acid groups (broad SMARTS) is 1. The number of phenolic OH excluding ortho intramolecular Hbond substituents is 1. The van der Waals surface area contributed by atoms with Gasteiger partial charge in [0.15, 0.2) is 0 Å². The van der Waals surface area contributed by atoms with Crippen LogP contribution in [-0.2, 0) is 16.0 Å². The van der Waals surface area contributed by atoms with Crippen LogP contribution in [0.5, 0.6) is 5.75 Å². The minimum absolute atomic E-state index is 0.145. The molecule has 1 heterocycles. The lowest BCUT2D eigenvalue weighted by Crippen LogP contribution is -2.32. The predicted molar refractivity (Wildman–Crippen MR) is 64.1 cm³/mol. The molecule has 2 rings (SSSR count). The lowest BCUT2D eigenvalue weighted by Gasteiger charge is -2.13. The van der Waals surface area contributed by atoms with Crippen LogP contribution in [0.2, 0.25) is 0 Å². The first kappa shape index (κ1) is 12.4. The highest BCUT2D eigenvalue weighted by molar-refractivity contribution is 5.84. The molecule has 0 radical (unpaired) electrons. The van der Waals surface area contributed by atoms with Crippen LogP contribution in [0, 0.1) is 5.92 Å².